The van der Waals surface area contributed by atoms with Crippen molar-refractivity contribution in [1.29, 1.82) is 0 Å². The molecule has 0 spiro atoms. The Balaban J connectivity index is 1.42. The summed E-state index contributed by atoms with van der Waals surface area (Å²) >= 11 is 0. The van der Waals surface area contributed by atoms with Crippen molar-refractivity contribution in [3.8, 4) is 0 Å². The van der Waals surface area contributed by atoms with Crippen LogP contribution >= 0.6 is 0 Å². The molecule has 5 aliphatic carbocycles. The van der Waals surface area contributed by atoms with E-state index in [0.717, 1.165) is 80.2 Å². The van der Waals surface area contributed by atoms with Gasteiger partial charge in [0.15, 0.2) is 0 Å². The van der Waals surface area contributed by atoms with Gasteiger partial charge in [0, 0.05) is 29.4 Å². The predicted octanol–water partition coefficient (Wildman–Crippen LogP) is 13.9. The fourth-order valence-electron chi connectivity index (χ4n) is 9.09. The molecule has 0 amide bonds. The highest BCUT2D eigenvalue weighted by atomic mass is 15.6. The van der Waals surface area contributed by atoms with Gasteiger partial charge in [0.2, 0.25) is 0 Å². The van der Waals surface area contributed by atoms with Crippen molar-refractivity contribution < 1.29 is 0 Å². The van der Waals surface area contributed by atoms with Crippen LogP contribution in [-0.4, -0.2) is 5.01 Å². The number of nitrogens with two attached hydrogens (primary N) is 1. The number of allylic oxidation sites excluding steroid dienone is 26. The molecule has 0 radical (unpaired) electrons. The number of hydrogen-bond acceptors (Lipinski definition) is 3. The van der Waals surface area contributed by atoms with Crippen molar-refractivity contribution >= 4 is 11.3 Å². The standard InChI is InChI=1S/C58H57N3/c1-8-10-12-22-45-35-47-33-34-48(37-54(45)47)58(59,49-36-46-23-14-11-13-21-41(4)53(46)38-49)39-50(9-2)60-56-27-18-16-24-51(56)42(5)31-32-43(6)52-25-19-28-57(52)61(60)55-26-17-15-20-40(3)29-30-44(55)7/h8-22,24-27,29-34,36-40,45,49H,2,4-6,23,28,35,59H2,1,3,7H3/b10-8-,14-11-,20-15+,21-13-,22-12-,26-17-,30-29-,32-31-,50-39+,55-44-. The van der Waals surface area contributed by atoms with Crippen molar-refractivity contribution in [2.24, 2.45) is 17.6 Å². The lowest BCUT2D eigenvalue weighted by Gasteiger charge is -2.44. The number of hydrogen-bond donors (Lipinski definition) is 1. The van der Waals surface area contributed by atoms with Crippen molar-refractivity contribution in [2.75, 3.05) is 5.01 Å². The van der Waals surface area contributed by atoms with Gasteiger partial charge in [0.25, 0.3) is 0 Å². The number of nitrogens with zero attached hydrogens (tertiary/aromatic N) is 2. The maximum Gasteiger partial charge on any atom is 0.0718 e. The first-order valence-corrected chi connectivity index (χ1v) is 21.5. The van der Waals surface area contributed by atoms with Crippen molar-refractivity contribution in [3.05, 3.63) is 275 Å². The summed E-state index contributed by atoms with van der Waals surface area (Å²) in [4.78, 5) is 0. The molecule has 0 saturated heterocycles. The maximum atomic E-state index is 8.16. The lowest BCUT2D eigenvalue weighted by Crippen LogP contribution is -2.45. The van der Waals surface area contributed by atoms with Gasteiger partial charge in [-0.25, -0.2) is 5.01 Å². The second-order valence-electron chi connectivity index (χ2n) is 16.7. The van der Waals surface area contributed by atoms with Gasteiger partial charge >= 0.3 is 0 Å². The Bertz CT molecular complexity index is 2640. The van der Waals surface area contributed by atoms with Gasteiger partial charge in [-0.2, -0.15) is 0 Å². The molecule has 3 heteroatoms. The Morgan fingerprint density at radius 1 is 0.836 bits per heavy atom. The Labute approximate surface area is 364 Å². The molecule has 1 aliphatic heterocycles. The van der Waals surface area contributed by atoms with E-state index in [4.69, 9.17) is 5.73 Å². The van der Waals surface area contributed by atoms with Crippen LogP contribution in [0.5, 0.6) is 0 Å². The predicted molar refractivity (Wildman–Crippen MR) is 261 cm³/mol. The fraction of sp³-hybridized carbons (Fsp3) is 0.172. The van der Waals surface area contributed by atoms with Crippen LogP contribution in [0.25, 0.3) is 5.57 Å². The van der Waals surface area contributed by atoms with E-state index in [0.29, 0.717) is 12.3 Å². The largest absolute Gasteiger partial charge is 0.317 e. The third-order valence-electron chi connectivity index (χ3n) is 12.6. The molecule has 4 atom stereocenters. The van der Waals surface area contributed by atoms with Gasteiger partial charge < -0.3 is 5.73 Å². The zero-order valence-electron chi connectivity index (χ0n) is 35.9. The zero-order chi connectivity index (χ0) is 42.7. The Kier molecular flexibility index (Phi) is 11.8. The molecule has 3 nitrogen and oxygen atoms in total. The molecule has 4 unspecified atom stereocenters. The molecule has 0 fully saturated rings. The topological polar surface area (TPSA) is 32.5 Å². The van der Waals surface area contributed by atoms with Crippen molar-refractivity contribution in [1.82, 2.24) is 5.01 Å². The summed E-state index contributed by atoms with van der Waals surface area (Å²) in [6.45, 7) is 24.7. The third kappa shape index (κ3) is 8.02. The molecule has 0 bridgehead atoms. The number of rotatable bonds is 8. The van der Waals surface area contributed by atoms with Crippen LogP contribution in [0.15, 0.2) is 253 Å². The summed E-state index contributed by atoms with van der Waals surface area (Å²) in [7, 11) is 0. The molecule has 2 aromatic carbocycles. The maximum absolute atomic E-state index is 8.16. The fourth-order valence-corrected chi connectivity index (χ4v) is 9.09. The summed E-state index contributed by atoms with van der Waals surface area (Å²) in [5.41, 5.74) is 23.2. The van der Waals surface area contributed by atoms with Gasteiger partial charge in [0.05, 0.1) is 28.3 Å². The Morgan fingerprint density at radius 2 is 1.66 bits per heavy atom. The summed E-state index contributed by atoms with van der Waals surface area (Å²) in [5, 5.41) is 4.69. The van der Waals surface area contributed by atoms with Crippen molar-refractivity contribution in [2.45, 2.75) is 51.5 Å². The zero-order valence-corrected chi connectivity index (χ0v) is 35.9. The monoisotopic (exact) mass is 795 g/mol. The highest BCUT2D eigenvalue weighted by Crippen LogP contribution is 2.47. The number of hydrazine groups is 1. The Hall–Kier alpha value is -6.68. The van der Waals surface area contributed by atoms with E-state index in [1.807, 2.05) is 6.08 Å². The quantitative estimate of drug-likeness (QED) is 0.270. The molecule has 2 aromatic rings. The minimum atomic E-state index is -1.02. The number of benzene rings is 2. The minimum Gasteiger partial charge on any atom is -0.317 e. The van der Waals surface area contributed by atoms with E-state index in [2.05, 4.69) is 227 Å². The summed E-state index contributed by atoms with van der Waals surface area (Å²) in [6.07, 6.45) is 50.4. The molecule has 0 aromatic heterocycles. The first-order chi connectivity index (χ1) is 29.6. The molecule has 6 aliphatic rings. The number of fused-ring (bicyclic) bond motifs is 3. The lowest BCUT2D eigenvalue weighted by atomic mass is 9.72. The van der Waals surface area contributed by atoms with E-state index in [9.17, 15) is 0 Å². The van der Waals surface area contributed by atoms with Crippen LogP contribution in [0.4, 0.5) is 5.69 Å². The van der Waals surface area contributed by atoms with Crippen LogP contribution < -0.4 is 10.7 Å². The smallest absolute Gasteiger partial charge is 0.0718 e. The third-order valence-corrected chi connectivity index (χ3v) is 12.6. The second kappa shape index (κ2) is 17.5. The van der Waals surface area contributed by atoms with Gasteiger partial charge in [-0.3, -0.25) is 5.01 Å². The van der Waals surface area contributed by atoms with Crippen LogP contribution in [0, 0.1) is 11.8 Å². The number of para-hydroxylation sites is 1. The van der Waals surface area contributed by atoms with E-state index < -0.39 is 5.54 Å². The molecule has 61 heavy (non-hydrogen) atoms. The average molecular weight is 796 g/mol. The van der Waals surface area contributed by atoms with Crippen LogP contribution in [-0.2, 0) is 12.0 Å². The highest BCUT2D eigenvalue weighted by molar-refractivity contribution is 5.83. The van der Waals surface area contributed by atoms with E-state index in [1.54, 1.807) is 0 Å². The summed E-state index contributed by atoms with van der Waals surface area (Å²) in [6, 6.07) is 15.4. The van der Waals surface area contributed by atoms with Gasteiger partial charge in [-0.05, 0) is 107 Å². The van der Waals surface area contributed by atoms with Crippen LogP contribution in [0.3, 0.4) is 0 Å². The summed E-state index contributed by atoms with van der Waals surface area (Å²) in [5.74, 6) is 0.419. The van der Waals surface area contributed by atoms with Gasteiger partial charge in [-0.1, -0.05) is 185 Å². The van der Waals surface area contributed by atoms with Gasteiger partial charge in [-0.15, -0.1) is 0 Å². The average Bonchev–Trinajstić information content (AvgIpc) is 3.93. The van der Waals surface area contributed by atoms with Crippen LogP contribution in [0.1, 0.15) is 61.8 Å². The van der Waals surface area contributed by atoms with E-state index >= 15 is 0 Å². The van der Waals surface area contributed by atoms with Gasteiger partial charge in [0.1, 0.15) is 0 Å². The first kappa shape index (κ1) is 41.1. The van der Waals surface area contributed by atoms with E-state index in [1.165, 1.54) is 16.7 Å². The molecule has 304 valence electrons. The normalized spacial score (nSPS) is 27.8. The Morgan fingerprint density at radius 3 is 2.49 bits per heavy atom. The molecular weight excluding hydrogens is 739 g/mol. The SMILES string of the molecule is C=C/C(=C\C(N)(c1ccc2c(c1)C(/C=C\C=C/C)C2)C1C=C2C/C=C\C=C/C(=C)C2=C1)N1c2ccccc2C(=C)/C=C\C(=C)C2=C(CC=C2)N1C1=C(C)\C=C/C(C)/C=C/C=C\1. The molecule has 2 N–H and O–H groups in total. The second-order valence-corrected chi connectivity index (χ2v) is 16.7. The molecule has 0 saturated carbocycles. The van der Waals surface area contributed by atoms with Crippen molar-refractivity contribution in [3.63, 3.8) is 0 Å². The molecule has 1 heterocycles. The van der Waals surface area contributed by atoms with Crippen LogP contribution in [0.2, 0.25) is 0 Å². The highest BCUT2D eigenvalue weighted by Gasteiger charge is 2.40. The molecule has 8 rings (SSSR count). The van der Waals surface area contributed by atoms with E-state index in [-0.39, 0.29) is 11.8 Å². The summed E-state index contributed by atoms with van der Waals surface area (Å²) < 4.78 is 0. The molecular formula is C58H57N3. The lowest BCUT2D eigenvalue weighted by molar-refractivity contribution is 0.414. The number of anilines is 1. The first-order valence-electron chi connectivity index (χ1n) is 21.5. The minimum absolute atomic E-state index is 0.190.